The average molecular weight is 229 g/mol. The van der Waals surface area contributed by atoms with Crippen molar-refractivity contribution in [2.45, 2.75) is 0 Å². The molecule has 0 atom stereocenters. The van der Waals surface area contributed by atoms with Crippen LogP contribution >= 0.6 is 0 Å². The molecule has 0 saturated heterocycles. The number of nitrogens with two attached hydrogens (primary N) is 5. The Labute approximate surface area is 99.2 Å². The van der Waals surface area contributed by atoms with E-state index >= 15 is 0 Å². The number of rotatable bonds is 1. The van der Waals surface area contributed by atoms with Crippen LogP contribution in [0.1, 0.15) is 0 Å². The largest absolute Gasteiger partial charge is 0.396 e. The predicted molar refractivity (Wildman–Crippen MR) is 73.9 cm³/mol. The van der Waals surface area contributed by atoms with Gasteiger partial charge in [0, 0.05) is 5.56 Å². The maximum atomic E-state index is 5.94. The second kappa shape index (κ2) is 3.79. The lowest BCUT2D eigenvalue weighted by molar-refractivity contribution is 1.58. The second-order valence-electron chi connectivity index (χ2n) is 3.81. The van der Waals surface area contributed by atoms with Crippen LogP contribution in [-0.4, -0.2) is 0 Å². The molecular weight excluding hydrogens is 214 g/mol. The number of nitrogen functional groups attached to an aromatic ring is 5. The smallest absolute Gasteiger partial charge is 0.0824 e. The van der Waals surface area contributed by atoms with Crippen LogP contribution in [0.3, 0.4) is 0 Å². The van der Waals surface area contributed by atoms with Gasteiger partial charge in [-0.2, -0.15) is 0 Å². The molecule has 0 amide bonds. The lowest BCUT2D eigenvalue weighted by Crippen LogP contribution is -2.09. The first kappa shape index (κ1) is 10.9. The summed E-state index contributed by atoms with van der Waals surface area (Å²) in [6, 6.07) is 9.45. The molecule has 0 aliphatic rings. The van der Waals surface area contributed by atoms with E-state index in [1.54, 1.807) is 0 Å². The van der Waals surface area contributed by atoms with Gasteiger partial charge < -0.3 is 28.7 Å². The zero-order chi connectivity index (χ0) is 12.6. The minimum atomic E-state index is 0.236. The summed E-state index contributed by atoms with van der Waals surface area (Å²) in [4.78, 5) is 0. The molecule has 2 rings (SSSR count). The highest BCUT2D eigenvalue weighted by Crippen LogP contribution is 2.43. The molecule has 0 spiro atoms. The molecule has 0 unspecified atom stereocenters. The summed E-state index contributed by atoms with van der Waals surface area (Å²) < 4.78 is 0. The number of hydrogen-bond acceptors (Lipinski definition) is 5. The molecule has 0 heterocycles. The number of hydrogen-bond donors (Lipinski definition) is 5. The third kappa shape index (κ3) is 1.57. The summed E-state index contributed by atoms with van der Waals surface area (Å²) in [5, 5.41) is 0. The van der Waals surface area contributed by atoms with Crippen molar-refractivity contribution < 1.29 is 0 Å². The first-order chi connectivity index (χ1) is 8.04. The lowest BCUT2D eigenvalue weighted by atomic mass is 9.98. The van der Waals surface area contributed by atoms with E-state index in [1.807, 2.05) is 30.3 Å². The van der Waals surface area contributed by atoms with Crippen LogP contribution < -0.4 is 28.7 Å². The highest BCUT2D eigenvalue weighted by molar-refractivity contribution is 6.05. The summed E-state index contributed by atoms with van der Waals surface area (Å²) >= 11 is 0. The first-order valence-corrected chi connectivity index (χ1v) is 5.10. The maximum absolute atomic E-state index is 5.94. The minimum absolute atomic E-state index is 0.236. The van der Waals surface area contributed by atoms with Crippen LogP contribution in [-0.2, 0) is 0 Å². The molecule has 2 aromatic carbocycles. The molecule has 10 N–H and O–H groups in total. The van der Waals surface area contributed by atoms with Crippen molar-refractivity contribution in [3.8, 4) is 11.1 Å². The molecule has 0 aromatic heterocycles. The Morgan fingerprint density at radius 3 is 1.41 bits per heavy atom. The fourth-order valence-corrected chi connectivity index (χ4v) is 1.77. The molecule has 17 heavy (non-hydrogen) atoms. The maximum Gasteiger partial charge on any atom is 0.0824 e. The second-order valence-corrected chi connectivity index (χ2v) is 3.81. The average Bonchev–Trinajstić information content (AvgIpc) is 2.36. The van der Waals surface area contributed by atoms with Crippen molar-refractivity contribution in [3.63, 3.8) is 0 Å². The van der Waals surface area contributed by atoms with Crippen LogP contribution in [0, 0.1) is 0 Å². The Kier molecular flexibility index (Phi) is 2.44. The summed E-state index contributed by atoms with van der Waals surface area (Å²) in [7, 11) is 0. The summed E-state index contributed by atoms with van der Waals surface area (Å²) in [6.07, 6.45) is 0. The molecule has 5 heteroatoms. The minimum Gasteiger partial charge on any atom is -0.396 e. The van der Waals surface area contributed by atoms with E-state index in [2.05, 4.69) is 0 Å². The molecule has 2 aromatic rings. The van der Waals surface area contributed by atoms with Gasteiger partial charge in [-0.05, 0) is 5.56 Å². The van der Waals surface area contributed by atoms with Crippen molar-refractivity contribution in [2.24, 2.45) is 0 Å². The molecule has 0 radical (unpaired) electrons. The van der Waals surface area contributed by atoms with Crippen molar-refractivity contribution in [2.75, 3.05) is 28.7 Å². The molecule has 0 bridgehead atoms. The van der Waals surface area contributed by atoms with Crippen molar-refractivity contribution in [3.05, 3.63) is 30.3 Å². The van der Waals surface area contributed by atoms with E-state index in [0.29, 0.717) is 16.9 Å². The van der Waals surface area contributed by atoms with E-state index in [4.69, 9.17) is 28.7 Å². The molecule has 5 nitrogen and oxygen atoms in total. The van der Waals surface area contributed by atoms with Crippen LogP contribution in [0.15, 0.2) is 30.3 Å². The zero-order valence-electron chi connectivity index (χ0n) is 9.27. The Morgan fingerprint density at radius 2 is 0.941 bits per heavy atom. The van der Waals surface area contributed by atoms with Crippen molar-refractivity contribution >= 4 is 28.4 Å². The third-order valence-corrected chi connectivity index (χ3v) is 2.76. The quantitative estimate of drug-likeness (QED) is 0.470. The molecular formula is C12H15N5. The van der Waals surface area contributed by atoms with Gasteiger partial charge in [0.15, 0.2) is 0 Å². The Morgan fingerprint density at radius 1 is 0.529 bits per heavy atom. The molecule has 0 aliphatic heterocycles. The van der Waals surface area contributed by atoms with Crippen LogP contribution in [0.5, 0.6) is 0 Å². The van der Waals surface area contributed by atoms with Crippen LogP contribution in [0.2, 0.25) is 0 Å². The van der Waals surface area contributed by atoms with Gasteiger partial charge in [-0.15, -0.1) is 0 Å². The van der Waals surface area contributed by atoms with Gasteiger partial charge in [-0.3, -0.25) is 0 Å². The molecule has 0 saturated carbocycles. The normalized spacial score (nSPS) is 10.4. The van der Waals surface area contributed by atoms with E-state index < -0.39 is 0 Å². The topological polar surface area (TPSA) is 130 Å². The van der Waals surface area contributed by atoms with Gasteiger partial charge in [0.05, 0.1) is 28.4 Å². The number of benzene rings is 2. The third-order valence-electron chi connectivity index (χ3n) is 2.76. The molecule has 0 aliphatic carbocycles. The van der Waals surface area contributed by atoms with E-state index in [9.17, 15) is 0 Å². The van der Waals surface area contributed by atoms with Gasteiger partial charge in [0.2, 0.25) is 0 Å². The van der Waals surface area contributed by atoms with Gasteiger partial charge in [-0.1, -0.05) is 30.3 Å². The van der Waals surface area contributed by atoms with Crippen molar-refractivity contribution in [1.82, 2.24) is 0 Å². The van der Waals surface area contributed by atoms with E-state index in [0.717, 1.165) is 5.56 Å². The fourth-order valence-electron chi connectivity index (χ4n) is 1.77. The van der Waals surface area contributed by atoms with Crippen molar-refractivity contribution in [1.29, 1.82) is 0 Å². The summed E-state index contributed by atoms with van der Waals surface area (Å²) in [6.45, 7) is 0. The van der Waals surface area contributed by atoms with Gasteiger partial charge >= 0.3 is 0 Å². The Bertz CT molecular complexity index is 534. The molecule has 88 valence electrons. The van der Waals surface area contributed by atoms with E-state index in [1.165, 1.54) is 0 Å². The SMILES string of the molecule is Nc1c(N)c(N)c(-c2ccccc2)c(N)c1N. The Hall–Kier alpha value is -2.56. The Balaban J connectivity index is 2.80. The first-order valence-electron chi connectivity index (χ1n) is 5.10. The highest BCUT2D eigenvalue weighted by Gasteiger charge is 2.16. The monoisotopic (exact) mass is 229 g/mol. The zero-order valence-corrected chi connectivity index (χ0v) is 9.27. The standard InChI is InChI=1S/C12H15N5/c13-8-7(6-4-2-1-3-5-6)9(14)11(16)12(17)10(8)15/h1-5H,13-17H2. The van der Waals surface area contributed by atoms with E-state index in [-0.39, 0.29) is 17.1 Å². The van der Waals surface area contributed by atoms with Crippen LogP contribution in [0.4, 0.5) is 28.4 Å². The summed E-state index contributed by atoms with van der Waals surface area (Å²) in [5.74, 6) is 0. The van der Waals surface area contributed by atoms with Gasteiger partial charge in [0.25, 0.3) is 0 Å². The van der Waals surface area contributed by atoms with Crippen LogP contribution in [0.25, 0.3) is 11.1 Å². The predicted octanol–water partition coefficient (Wildman–Crippen LogP) is 1.26. The summed E-state index contributed by atoms with van der Waals surface area (Å²) in [5.41, 5.74) is 32.2. The van der Waals surface area contributed by atoms with Gasteiger partial charge in [0.1, 0.15) is 0 Å². The lowest BCUT2D eigenvalue weighted by Gasteiger charge is -2.16. The molecule has 0 fully saturated rings. The number of anilines is 5. The highest BCUT2D eigenvalue weighted by atomic mass is 14.8. The fraction of sp³-hybridized carbons (Fsp3) is 0. The van der Waals surface area contributed by atoms with Gasteiger partial charge in [-0.25, -0.2) is 0 Å².